The van der Waals surface area contributed by atoms with Crippen molar-refractivity contribution >= 4 is 15.9 Å². The summed E-state index contributed by atoms with van der Waals surface area (Å²) in [7, 11) is 0. The van der Waals surface area contributed by atoms with Crippen LogP contribution in [-0.2, 0) is 0 Å². The van der Waals surface area contributed by atoms with Crippen LogP contribution in [0.25, 0.3) is 0 Å². The number of alkyl halides is 1. The van der Waals surface area contributed by atoms with Gasteiger partial charge < -0.3 is 0 Å². The van der Waals surface area contributed by atoms with Crippen molar-refractivity contribution in [1.29, 1.82) is 0 Å². The van der Waals surface area contributed by atoms with Crippen molar-refractivity contribution in [3.05, 3.63) is 0 Å². The van der Waals surface area contributed by atoms with Crippen LogP contribution in [0.3, 0.4) is 0 Å². The molecule has 28 heavy (non-hydrogen) atoms. The zero-order chi connectivity index (χ0) is 20.1. The molecule has 0 N–H and O–H groups in total. The first-order chi connectivity index (χ1) is 13.3. The molecule has 4 aliphatic carbocycles. The molecule has 9 atom stereocenters. The molecule has 1 heteroatoms. The lowest BCUT2D eigenvalue weighted by Gasteiger charge is -2.61. The normalized spacial score (nSPS) is 49.4. The monoisotopic (exact) mass is 450 g/mol. The fourth-order valence-electron chi connectivity index (χ4n) is 9.23. The van der Waals surface area contributed by atoms with Crippen molar-refractivity contribution in [3.8, 4) is 0 Å². The first-order valence-electron chi connectivity index (χ1n) is 12.9. The van der Waals surface area contributed by atoms with E-state index in [1.807, 2.05) is 0 Å². The Kier molecular flexibility index (Phi) is 6.35. The van der Waals surface area contributed by atoms with Crippen LogP contribution in [-0.4, -0.2) is 4.83 Å². The molecule has 0 nitrogen and oxygen atoms in total. The lowest BCUT2D eigenvalue weighted by molar-refractivity contribution is -0.113. The van der Waals surface area contributed by atoms with Gasteiger partial charge in [-0.3, -0.25) is 0 Å². The Morgan fingerprint density at radius 2 is 1.54 bits per heavy atom. The van der Waals surface area contributed by atoms with Gasteiger partial charge in [0.15, 0.2) is 0 Å². The molecule has 0 saturated heterocycles. The third-order valence-electron chi connectivity index (χ3n) is 10.8. The van der Waals surface area contributed by atoms with Crippen molar-refractivity contribution in [2.24, 2.45) is 52.3 Å². The number of hydrogen-bond acceptors (Lipinski definition) is 0. The molecule has 0 amide bonds. The Labute approximate surface area is 184 Å². The number of rotatable bonds is 5. The van der Waals surface area contributed by atoms with Crippen LogP contribution in [0.1, 0.15) is 112 Å². The molecule has 0 unspecified atom stereocenters. The van der Waals surface area contributed by atoms with E-state index in [0.717, 1.165) is 46.3 Å². The van der Waals surface area contributed by atoms with E-state index in [-0.39, 0.29) is 0 Å². The highest BCUT2D eigenvalue weighted by Crippen LogP contribution is 2.68. The summed E-state index contributed by atoms with van der Waals surface area (Å²) < 4.78 is 0. The predicted octanol–water partition coefficient (Wildman–Crippen LogP) is 8.87. The summed E-state index contributed by atoms with van der Waals surface area (Å²) in [6.07, 6.45) is 18.0. The van der Waals surface area contributed by atoms with Gasteiger partial charge in [0.2, 0.25) is 0 Å². The van der Waals surface area contributed by atoms with E-state index < -0.39 is 0 Å². The molecule has 0 aliphatic heterocycles. The third-order valence-corrected chi connectivity index (χ3v) is 11.6. The van der Waals surface area contributed by atoms with Gasteiger partial charge in [-0.2, -0.15) is 0 Å². The van der Waals surface area contributed by atoms with Gasteiger partial charge in [0.05, 0.1) is 0 Å². The molecule has 4 aliphatic rings. The second kappa shape index (κ2) is 8.20. The van der Waals surface area contributed by atoms with Gasteiger partial charge >= 0.3 is 0 Å². The molecule has 162 valence electrons. The Bertz CT molecular complexity index is 540. The van der Waals surface area contributed by atoms with E-state index in [4.69, 9.17) is 0 Å². The van der Waals surface area contributed by atoms with Crippen LogP contribution in [0.5, 0.6) is 0 Å². The highest BCUT2D eigenvalue weighted by atomic mass is 79.9. The Balaban J connectivity index is 1.46. The maximum Gasteiger partial charge on any atom is 0.0148 e. The molecule has 4 saturated carbocycles. The smallest absolute Gasteiger partial charge is 0.0148 e. The van der Waals surface area contributed by atoms with Crippen molar-refractivity contribution in [2.75, 3.05) is 0 Å². The van der Waals surface area contributed by atoms with Crippen LogP contribution >= 0.6 is 15.9 Å². The van der Waals surface area contributed by atoms with E-state index >= 15 is 0 Å². The maximum absolute atomic E-state index is 3.97. The van der Waals surface area contributed by atoms with Gasteiger partial charge in [0.1, 0.15) is 0 Å². The summed E-state index contributed by atoms with van der Waals surface area (Å²) in [5.41, 5.74) is 1.32. The fraction of sp³-hybridized carbons (Fsp3) is 1.00. The summed E-state index contributed by atoms with van der Waals surface area (Å²) in [6.45, 7) is 12.9. The average Bonchev–Trinajstić information content (AvgIpc) is 2.99. The van der Waals surface area contributed by atoms with Crippen LogP contribution in [0.4, 0.5) is 0 Å². The highest BCUT2D eigenvalue weighted by molar-refractivity contribution is 9.09. The molecule has 4 fully saturated rings. The summed E-state index contributed by atoms with van der Waals surface area (Å²) in [5.74, 6) is 6.97. The molecule has 0 bridgehead atoms. The summed E-state index contributed by atoms with van der Waals surface area (Å²) in [5, 5.41) is 0. The summed E-state index contributed by atoms with van der Waals surface area (Å²) >= 11 is 3.97. The number of halogens is 1. The lowest BCUT2D eigenvalue weighted by atomic mass is 9.44. The molecule has 0 heterocycles. The fourth-order valence-corrected chi connectivity index (χ4v) is 9.91. The number of fused-ring (bicyclic) bond motifs is 5. The number of hydrogen-bond donors (Lipinski definition) is 0. The minimum absolute atomic E-state index is 0.661. The summed E-state index contributed by atoms with van der Waals surface area (Å²) in [6, 6.07) is 0. The molecule has 0 aromatic heterocycles. The van der Waals surface area contributed by atoms with E-state index in [1.54, 1.807) is 19.3 Å². The van der Waals surface area contributed by atoms with Crippen LogP contribution in [0.15, 0.2) is 0 Å². The van der Waals surface area contributed by atoms with Gasteiger partial charge in [0, 0.05) is 4.83 Å². The van der Waals surface area contributed by atoms with Crippen molar-refractivity contribution in [2.45, 2.75) is 116 Å². The minimum atomic E-state index is 0.661. The van der Waals surface area contributed by atoms with E-state index in [9.17, 15) is 0 Å². The van der Waals surface area contributed by atoms with Crippen molar-refractivity contribution < 1.29 is 0 Å². The first kappa shape index (κ1) is 21.7. The van der Waals surface area contributed by atoms with Gasteiger partial charge in [-0.15, -0.1) is 0 Å². The third kappa shape index (κ3) is 3.67. The quantitative estimate of drug-likeness (QED) is 0.366. The zero-order valence-electron chi connectivity index (χ0n) is 19.5. The topological polar surface area (TPSA) is 0 Å². The van der Waals surface area contributed by atoms with Gasteiger partial charge in [-0.05, 0) is 110 Å². The van der Waals surface area contributed by atoms with E-state index in [0.29, 0.717) is 10.8 Å². The molecular weight excluding hydrogens is 404 g/mol. The van der Waals surface area contributed by atoms with Gasteiger partial charge in [-0.1, -0.05) is 69.8 Å². The molecule has 0 aromatic carbocycles. The largest absolute Gasteiger partial charge is 0.0891 e. The van der Waals surface area contributed by atoms with Crippen LogP contribution in [0, 0.1) is 52.3 Å². The molecule has 0 spiro atoms. The SMILES string of the molecule is CC(C)CCC[C@@H](C)[C@@H]1CC[C@@H]2[C@@H]3CC[C@H]4C[C@H](Br)CC[C@]4(C)[C@@H]3CC[C@]21C. The van der Waals surface area contributed by atoms with Crippen LogP contribution in [0.2, 0.25) is 0 Å². The second-order valence-corrected chi connectivity index (χ2v) is 13.9. The molecule has 4 rings (SSSR count). The minimum Gasteiger partial charge on any atom is -0.0891 e. The van der Waals surface area contributed by atoms with E-state index in [2.05, 4.69) is 50.5 Å². The molecule has 0 aromatic rings. The standard InChI is InChI=1S/C27H47Br/c1-18(2)7-6-8-19(3)23-11-12-24-22-10-9-20-17-21(28)13-15-26(20,4)25(22)14-16-27(23,24)5/h18-25H,6-17H2,1-5H3/t19-,20+,21-,22+,23+,24-,25-,26+,27+/m1/s1. The zero-order valence-corrected chi connectivity index (χ0v) is 21.1. The first-order valence-corrected chi connectivity index (χ1v) is 13.8. The maximum atomic E-state index is 3.97. The lowest BCUT2D eigenvalue weighted by Crippen LogP contribution is -2.53. The van der Waals surface area contributed by atoms with Crippen molar-refractivity contribution in [3.63, 3.8) is 0 Å². The van der Waals surface area contributed by atoms with Crippen molar-refractivity contribution in [1.82, 2.24) is 0 Å². The Hall–Kier alpha value is 0.480. The highest BCUT2D eigenvalue weighted by Gasteiger charge is 2.60. The molecular formula is C27H47Br. The van der Waals surface area contributed by atoms with E-state index in [1.165, 1.54) is 57.8 Å². The van der Waals surface area contributed by atoms with Gasteiger partial charge in [0.25, 0.3) is 0 Å². The second-order valence-electron chi connectivity index (χ2n) is 12.6. The average molecular weight is 452 g/mol. The summed E-state index contributed by atoms with van der Waals surface area (Å²) in [4.78, 5) is 0.804. The predicted molar refractivity (Wildman–Crippen MR) is 126 cm³/mol. The Morgan fingerprint density at radius 3 is 2.29 bits per heavy atom. The van der Waals surface area contributed by atoms with Crippen LogP contribution < -0.4 is 0 Å². The van der Waals surface area contributed by atoms with Gasteiger partial charge in [-0.25, -0.2) is 0 Å². The molecule has 0 radical (unpaired) electrons. The Morgan fingerprint density at radius 1 is 0.821 bits per heavy atom.